The molecule has 8 nitrogen and oxygen atoms in total. The Morgan fingerprint density at radius 1 is 1.08 bits per heavy atom. The van der Waals surface area contributed by atoms with E-state index in [9.17, 15) is 36.3 Å². The Labute approximate surface area is 207 Å². The van der Waals surface area contributed by atoms with E-state index in [4.69, 9.17) is 0 Å². The van der Waals surface area contributed by atoms with Crippen molar-refractivity contribution in [3.63, 3.8) is 0 Å². The fraction of sp³-hybridized carbons (Fsp3) is 0.417. The zero-order valence-electron chi connectivity index (χ0n) is 19.7. The summed E-state index contributed by atoms with van der Waals surface area (Å²) in [6, 6.07) is 7.11. The van der Waals surface area contributed by atoms with E-state index in [-0.39, 0.29) is 53.7 Å². The average Bonchev–Trinajstić information content (AvgIpc) is 3.16. The summed E-state index contributed by atoms with van der Waals surface area (Å²) in [7, 11) is -3.73. The predicted molar refractivity (Wildman–Crippen MR) is 130 cm³/mol. The number of benzene rings is 2. The summed E-state index contributed by atoms with van der Waals surface area (Å²) >= 11 is 0. The van der Waals surface area contributed by atoms with E-state index in [0.29, 0.717) is 18.5 Å². The zero-order chi connectivity index (χ0) is 26.4. The van der Waals surface area contributed by atoms with Crippen LogP contribution in [0.5, 0.6) is 0 Å². The maximum absolute atomic E-state index is 13.7. The molecule has 194 valence electrons. The molecule has 2 amide bonds. The first-order chi connectivity index (χ1) is 16.8. The largest absolute Gasteiger partial charge is 0.465 e. The fourth-order valence-electron chi connectivity index (χ4n) is 4.72. The van der Waals surface area contributed by atoms with Gasteiger partial charge in [-0.05, 0) is 61.2 Å². The first-order valence-electron chi connectivity index (χ1n) is 11.5. The molecule has 2 aromatic carbocycles. The van der Waals surface area contributed by atoms with Crippen molar-refractivity contribution >= 4 is 39.1 Å². The molecule has 2 aliphatic rings. The lowest BCUT2D eigenvalue weighted by Crippen LogP contribution is -2.51. The number of hydrogen-bond donors (Lipinski definition) is 1. The van der Waals surface area contributed by atoms with Crippen molar-refractivity contribution in [1.82, 2.24) is 0 Å². The van der Waals surface area contributed by atoms with E-state index in [1.165, 1.54) is 29.2 Å². The molecule has 0 aliphatic carbocycles. The van der Waals surface area contributed by atoms with Crippen molar-refractivity contribution in [3.05, 3.63) is 42.0 Å². The molecule has 0 unspecified atom stereocenters. The molecule has 2 aliphatic heterocycles. The van der Waals surface area contributed by atoms with Gasteiger partial charge in [0.2, 0.25) is 15.9 Å². The summed E-state index contributed by atoms with van der Waals surface area (Å²) in [6.45, 7) is 3.66. The van der Waals surface area contributed by atoms with Crippen molar-refractivity contribution in [3.8, 4) is 11.1 Å². The number of sulfonamides is 1. The molecule has 1 saturated heterocycles. The second kappa shape index (κ2) is 9.30. The molecule has 4 rings (SSSR count). The molecular weight excluding hydrogens is 499 g/mol. The van der Waals surface area contributed by atoms with Gasteiger partial charge in [0.25, 0.3) is 0 Å². The minimum absolute atomic E-state index is 0.00109. The number of carboxylic acid groups (broad SMARTS) is 1. The number of rotatable bonds is 4. The third kappa shape index (κ3) is 4.73. The fourth-order valence-corrected chi connectivity index (χ4v) is 6.26. The van der Waals surface area contributed by atoms with Gasteiger partial charge in [0.05, 0.1) is 34.4 Å². The quantitative estimate of drug-likeness (QED) is 0.610. The molecule has 2 heterocycles. The van der Waals surface area contributed by atoms with E-state index in [0.717, 1.165) is 21.3 Å². The Kier molecular flexibility index (Phi) is 6.67. The maximum atomic E-state index is 13.7. The molecule has 0 spiro atoms. The number of alkyl halides is 3. The van der Waals surface area contributed by atoms with E-state index < -0.39 is 33.9 Å². The van der Waals surface area contributed by atoms with Crippen LogP contribution in [0.1, 0.15) is 38.7 Å². The molecule has 1 fully saturated rings. The number of halogens is 3. The number of carbonyl (C=O) groups is 2. The van der Waals surface area contributed by atoms with Gasteiger partial charge in [-0.1, -0.05) is 13.0 Å². The summed E-state index contributed by atoms with van der Waals surface area (Å²) in [6.07, 6.45) is -4.81. The van der Waals surface area contributed by atoms with Crippen LogP contribution in [0.15, 0.2) is 36.4 Å². The van der Waals surface area contributed by atoms with Crippen molar-refractivity contribution in [1.29, 1.82) is 0 Å². The van der Waals surface area contributed by atoms with Gasteiger partial charge in [0.1, 0.15) is 0 Å². The van der Waals surface area contributed by atoms with Gasteiger partial charge in [-0.25, -0.2) is 13.2 Å². The predicted octanol–water partition coefficient (Wildman–Crippen LogP) is 4.93. The highest BCUT2D eigenvalue weighted by Crippen LogP contribution is 2.42. The molecule has 36 heavy (non-hydrogen) atoms. The summed E-state index contributed by atoms with van der Waals surface area (Å²) in [5.74, 6) is -0.324. The van der Waals surface area contributed by atoms with Crippen LogP contribution in [0.25, 0.3) is 11.1 Å². The smallest absolute Gasteiger partial charge is 0.416 e. The van der Waals surface area contributed by atoms with E-state index in [1.807, 2.05) is 6.92 Å². The van der Waals surface area contributed by atoms with Gasteiger partial charge < -0.3 is 10.0 Å². The Bertz CT molecular complexity index is 1310. The van der Waals surface area contributed by atoms with Crippen LogP contribution in [-0.4, -0.2) is 50.4 Å². The minimum Gasteiger partial charge on any atom is -0.465 e. The number of amides is 2. The van der Waals surface area contributed by atoms with E-state index in [2.05, 4.69) is 0 Å². The molecule has 0 saturated carbocycles. The molecule has 0 bridgehead atoms. The first-order valence-corrected chi connectivity index (χ1v) is 13.1. The van der Waals surface area contributed by atoms with Gasteiger partial charge in [0.15, 0.2) is 0 Å². The van der Waals surface area contributed by atoms with Crippen LogP contribution in [0.4, 0.5) is 35.0 Å². The molecular formula is C24H26F3N3O5S. The number of anilines is 3. The molecule has 1 N–H and O–H groups in total. The number of nitrogens with zero attached hydrogens (tertiary/aromatic N) is 3. The molecule has 0 aromatic heterocycles. The standard InChI is InChI=1S/C24H26F3N3O5S/c1-3-5-22(31)30-15(2)14-28(23(32)33)21-12-16(6-7-20(21)30)17-10-18(24(25,26)27)13-19(11-17)29-8-4-9-36(29,34)35/h6-7,10-13,15H,3-5,8-9,14H2,1-2H3,(H,32,33)/t15-/m0/s1. The molecule has 12 heteroatoms. The Morgan fingerprint density at radius 3 is 2.39 bits per heavy atom. The third-order valence-electron chi connectivity index (χ3n) is 6.34. The maximum Gasteiger partial charge on any atom is 0.416 e. The highest BCUT2D eigenvalue weighted by atomic mass is 32.2. The third-order valence-corrected chi connectivity index (χ3v) is 8.21. The summed E-state index contributed by atoms with van der Waals surface area (Å²) in [5.41, 5.74) is -0.235. The summed E-state index contributed by atoms with van der Waals surface area (Å²) in [5, 5.41) is 9.79. The molecule has 0 radical (unpaired) electrons. The first kappa shape index (κ1) is 25.8. The summed E-state index contributed by atoms with van der Waals surface area (Å²) in [4.78, 5) is 27.4. The Hall–Kier alpha value is -3.28. The van der Waals surface area contributed by atoms with Crippen molar-refractivity contribution < 1.29 is 36.3 Å². The number of hydrogen-bond acceptors (Lipinski definition) is 4. The second-order valence-corrected chi connectivity index (χ2v) is 11.0. The molecule has 1 atom stereocenters. The molecule has 2 aromatic rings. The van der Waals surface area contributed by atoms with Gasteiger partial charge >= 0.3 is 12.3 Å². The second-order valence-electron chi connectivity index (χ2n) is 8.97. The average molecular weight is 526 g/mol. The van der Waals surface area contributed by atoms with Crippen LogP contribution in [0.2, 0.25) is 0 Å². The highest BCUT2D eigenvalue weighted by Gasteiger charge is 2.37. The monoisotopic (exact) mass is 525 g/mol. The Morgan fingerprint density at radius 2 is 1.81 bits per heavy atom. The van der Waals surface area contributed by atoms with Crippen LogP contribution < -0.4 is 14.1 Å². The normalized spacial score (nSPS) is 19.4. The zero-order valence-corrected chi connectivity index (χ0v) is 20.6. The Balaban J connectivity index is 1.88. The SMILES string of the molecule is CCCC(=O)N1c2ccc(-c3cc(N4CCCS4(=O)=O)cc(C(F)(F)F)c3)cc2N(C(=O)O)C[C@@H]1C. The van der Waals surface area contributed by atoms with Crippen LogP contribution in [-0.2, 0) is 21.0 Å². The lowest BCUT2D eigenvalue weighted by atomic mass is 9.98. The van der Waals surface area contributed by atoms with Gasteiger partial charge in [-0.3, -0.25) is 14.0 Å². The van der Waals surface area contributed by atoms with Crippen molar-refractivity contribution in [2.45, 2.75) is 45.3 Å². The lowest BCUT2D eigenvalue weighted by Gasteiger charge is -2.40. The highest BCUT2D eigenvalue weighted by molar-refractivity contribution is 7.93. The van der Waals surface area contributed by atoms with Gasteiger partial charge in [0, 0.05) is 19.5 Å². The van der Waals surface area contributed by atoms with E-state index in [1.54, 1.807) is 6.92 Å². The lowest BCUT2D eigenvalue weighted by molar-refractivity contribution is -0.137. The van der Waals surface area contributed by atoms with Crippen molar-refractivity contribution in [2.24, 2.45) is 0 Å². The minimum atomic E-state index is -4.73. The topological polar surface area (TPSA) is 98.2 Å². The van der Waals surface area contributed by atoms with Gasteiger partial charge in [-0.2, -0.15) is 13.2 Å². The van der Waals surface area contributed by atoms with Crippen LogP contribution in [0, 0.1) is 0 Å². The van der Waals surface area contributed by atoms with Crippen LogP contribution in [0.3, 0.4) is 0 Å². The van der Waals surface area contributed by atoms with Crippen molar-refractivity contribution in [2.75, 3.05) is 32.9 Å². The number of carbonyl (C=O) groups excluding carboxylic acids is 1. The number of fused-ring (bicyclic) bond motifs is 1. The van der Waals surface area contributed by atoms with E-state index >= 15 is 0 Å². The van der Waals surface area contributed by atoms with Crippen LogP contribution >= 0.6 is 0 Å². The van der Waals surface area contributed by atoms with Gasteiger partial charge in [-0.15, -0.1) is 0 Å². The summed E-state index contributed by atoms with van der Waals surface area (Å²) < 4.78 is 67.0.